The molecule has 0 bridgehead atoms. The number of ether oxygens (including phenoxy) is 2. The number of carbonyl (C=O) groups is 2. The molecule has 2 saturated carbocycles. The molecule has 2 fully saturated rings. The van der Waals surface area contributed by atoms with Crippen LogP contribution in [0.5, 0.6) is 0 Å². The number of nitrogens with zero attached hydrogens (tertiary/aromatic N) is 2. The van der Waals surface area contributed by atoms with E-state index in [-0.39, 0.29) is 41.8 Å². The van der Waals surface area contributed by atoms with Crippen LogP contribution < -0.4 is 10.2 Å². The fourth-order valence-corrected chi connectivity index (χ4v) is 8.01. The Morgan fingerprint density at radius 2 is 1.93 bits per heavy atom. The number of esters is 2. The molecule has 0 radical (unpaired) electrons. The normalized spacial score (nSPS) is 29.3. The summed E-state index contributed by atoms with van der Waals surface area (Å²) in [7, 11) is 3.87. The number of allylic oxidation sites excluding steroid dienone is 2. The van der Waals surface area contributed by atoms with Gasteiger partial charge in [-0.25, -0.2) is 14.6 Å². The van der Waals surface area contributed by atoms with Crippen molar-refractivity contribution in [3.05, 3.63) is 83.8 Å². The number of carbonyl (C=O) groups excluding carboxylic acids is 2. The number of hydrogen-bond donors (Lipinski definition) is 3. The summed E-state index contributed by atoms with van der Waals surface area (Å²) in [5.41, 5.74) is 2.31. The molecule has 2 heterocycles. The van der Waals surface area contributed by atoms with Crippen molar-refractivity contribution in [2.75, 3.05) is 37.5 Å². The van der Waals surface area contributed by atoms with Gasteiger partial charge in [-0.1, -0.05) is 44.2 Å². The Kier molecular flexibility index (Phi) is 9.75. The highest BCUT2D eigenvalue weighted by atomic mass is 16.6. The molecule has 3 unspecified atom stereocenters. The number of cyclic esters (lactones) is 1. The summed E-state index contributed by atoms with van der Waals surface area (Å²) in [6.45, 7) is 10.5. The van der Waals surface area contributed by atoms with E-state index in [9.17, 15) is 19.8 Å². The Bertz CT molecular complexity index is 1520. The SMILES string of the molecule is C=C1CCC2[C@](C)(CC[C@@H](O)[C@@]2(C)CO)C1CC(Nc1ccccn1)C1=CC(=C(C(=O)OCC)c2ccc(N(C)C)cc2)OC1=O. The number of anilines is 2. The lowest BCUT2D eigenvalue weighted by Gasteiger charge is -2.60. The molecule has 9 nitrogen and oxygen atoms in total. The maximum atomic E-state index is 13.7. The molecule has 0 saturated heterocycles. The second-order valence-corrected chi connectivity index (χ2v) is 13.6. The highest BCUT2D eigenvalue weighted by Crippen LogP contribution is 2.62. The van der Waals surface area contributed by atoms with Crippen LogP contribution in [0.3, 0.4) is 0 Å². The van der Waals surface area contributed by atoms with Gasteiger partial charge < -0.3 is 29.9 Å². The van der Waals surface area contributed by atoms with Crippen molar-refractivity contribution in [3.8, 4) is 0 Å². The molecule has 9 heteroatoms. The van der Waals surface area contributed by atoms with E-state index in [4.69, 9.17) is 9.47 Å². The number of nitrogens with one attached hydrogen (secondary N) is 1. The summed E-state index contributed by atoms with van der Waals surface area (Å²) in [6, 6.07) is 12.5. The maximum absolute atomic E-state index is 13.7. The fraction of sp³-hybridized carbons (Fsp3) is 0.486. The minimum absolute atomic E-state index is 0.0179. The number of aliphatic hydroxyl groups excluding tert-OH is 2. The van der Waals surface area contributed by atoms with Gasteiger partial charge in [0.05, 0.1) is 30.9 Å². The third kappa shape index (κ3) is 6.22. The van der Waals surface area contributed by atoms with E-state index in [1.165, 1.54) is 0 Å². The number of aromatic nitrogens is 1. The number of rotatable bonds is 10. The Balaban J connectivity index is 1.58. The zero-order valence-electron chi connectivity index (χ0n) is 27.6. The second-order valence-electron chi connectivity index (χ2n) is 13.6. The van der Waals surface area contributed by atoms with Crippen LogP contribution in [0.4, 0.5) is 11.5 Å². The lowest BCUT2D eigenvalue weighted by molar-refractivity contribution is -0.152. The van der Waals surface area contributed by atoms with E-state index in [0.29, 0.717) is 29.8 Å². The molecule has 3 N–H and O–H groups in total. The molecular weight excluding hydrogens is 582 g/mol. The van der Waals surface area contributed by atoms with Gasteiger partial charge in [0, 0.05) is 31.4 Å². The summed E-state index contributed by atoms with van der Waals surface area (Å²) < 4.78 is 11.3. The Labute approximate surface area is 272 Å². The second kappa shape index (κ2) is 13.4. The summed E-state index contributed by atoms with van der Waals surface area (Å²) in [5, 5.41) is 25.0. The molecule has 6 atom stereocenters. The largest absolute Gasteiger partial charge is 0.462 e. The molecule has 5 rings (SSSR count). The third-order valence-electron chi connectivity index (χ3n) is 10.7. The van der Waals surface area contributed by atoms with E-state index in [0.717, 1.165) is 30.5 Å². The fourth-order valence-electron chi connectivity index (χ4n) is 8.01. The van der Waals surface area contributed by atoms with Crippen LogP contribution in [0.15, 0.2) is 78.2 Å². The monoisotopic (exact) mass is 629 g/mol. The predicted molar refractivity (Wildman–Crippen MR) is 179 cm³/mol. The average molecular weight is 630 g/mol. The summed E-state index contributed by atoms with van der Waals surface area (Å²) in [4.78, 5) is 33.5. The third-order valence-corrected chi connectivity index (χ3v) is 10.7. The van der Waals surface area contributed by atoms with Gasteiger partial charge in [-0.05, 0) is 92.2 Å². The standard InChI is InChI=1S/C37H47N3O6/c1-7-45-35(44)33(24-12-14-25(15-13-24)40(5)6)29-20-26(34(43)46-29)28(39-32-10-8-9-19-38-32)21-27-23(2)11-16-30-36(27,3)18-17-31(42)37(30,4)22-41/h8-10,12-15,19-20,27-28,30-31,41-42H,2,7,11,16-18,21-22H2,1,3-6H3,(H,38,39)/t27?,28?,30?,31-,36-,37+/m1/s1. The highest BCUT2D eigenvalue weighted by molar-refractivity contribution is 6.19. The van der Waals surface area contributed by atoms with E-state index < -0.39 is 29.5 Å². The molecule has 0 amide bonds. The Morgan fingerprint density at radius 3 is 2.57 bits per heavy atom. The predicted octanol–water partition coefficient (Wildman–Crippen LogP) is 5.52. The van der Waals surface area contributed by atoms with Crippen molar-refractivity contribution in [2.24, 2.45) is 22.7 Å². The van der Waals surface area contributed by atoms with Crippen LogP contribution in [0, 0.1) is 22.7 Å². The van der Waals surface area contributed by atoms with Gasteiger partial charge in [0.2, 0.25) is 0 Å². The van der Waals surface area contributed by atoms with Gasteiger partial charge in [-0.3, -0.25) is 0 Å². The molecule has 2 aromatic rings. The van der Waals surface area contributed by atoms with E-state index in [1.807, 2.05) is 68.4 Å². The lowest BCUT2D eigenvalue weighted by atomic mass is 9.46. The molecular formula is C37H47N3O6. The van der Waals surface area contributed by atoms with Gasteiger partial charge in [0.15, 0.2) is 0 Å². The summed E-state index contributed by atoms with van der Waals surface area (Å²) >= 11 is 0. The van der Waals surface area contributed by atoms with Gasteiger partial charge >= 0.3 is 11.9 Å². The molecule has 3 aliphatic rings. The minimum Gasteiger partial charge on any atom is -0.462 e. The molecule has 1 aromatic carbocycles. The van der Waals surface area contributed by atoms with Crippen LogP contribution in [0.25, 0.3) is 5.57 Å². The van der Waals surface area contributed by atoms with Crippen molar-refractivity contribution in [3.63, 3.8) is 0 Å². The van der Waals surface area contributed by atoms with Crippen molar-refractivity contribution < 1.29 is 29.3 Å². The van der Waals surface area contributed by atoms with Crippen LogP contribution in [-0.4, -0.2) is 66.6 Å². The molecule has 2 aliphatic carbocycles. The molecule has 46 heavy (non-hydrogen) atoms. The van der Waals surface area contributed by atoms with E-state index in [2.05, 4.69) is 23.8 Å². The number of fused-ring (bicyclic) bond motifs is 1. The van der Waals surface area contributed by atoms with Crippen molar-refractivity contribution in [1.29, 1.82) is 0 Å². The zero-order chi connectivity index (χ0) is 33.2. The molecule has 246 valence electrons. The van der Waals surface area contributed by atoms with Crippen molar-refractivity contribution in [1.82, 2.24) is 4.98 Å². The first-order valence-electron chi connectivity index (χ1n) is 16.2. The first kappa shape index (κ1) is 33.4. The Morgan fingerprint density at radius 1 is 1.20 bits per heavy atom. The first-order valence-corrected chi connectivity index (χ1v) is 16.2. The summed E-state index contributed by atoms with van der Waals surface area (Å²) in [5.74, 6) is -0.321. The van der Waals surface area contributed by atoms with Gasteiger partial charge in [0.25, 0.3) is 0 Å². The van der Waals surface area contributed by atoms with E-state index >= 15 is 0 Å². The van der Waals surface area contributed by atoms with Crippen LogP contribution in [-0.2, 0) is 19.1 Å². The average Bonchev–Trinajstić information content (AvgIpc) is 3.41. The van der Waals surface area contributed by atoms with Crippen molar-refractivity contribution in [2.45, 2.75) is 65.0 Å². The number of aliphatic hydroxyl groups is 2. The van der Waals surface area contributed by atoms with Gasteiger partial charge in [-0.2, -0.15) is 0 Å². The zero-order valence-corrected chi connectivity index (χ0v) is 27.6. The number of benzene rings is 1. The van der Waals surface area contributed by atoms with Crippen molar-refractivity contribution >= 4 is 29.0 Å². The minimum atomic E-state index is -0.631. The molecule has 1 aliphatic heterocycles. The summed E-state index contributed by atoms with van der Waals surface area (Å²) in [6.07, 6.45) is 6.24. The first-order chi connectivity index (χ1) is 21.9. The number of pyridine rings is 1. The highest BCUT2D eigenvalue weighted by Gasteiger charge is 2.58. The van der Waals surface area contributed by atoms with Gasteiger partial charge in [0.1, 0.15) is 17.2 Å². The van der Waals surface area contributed by atoms with Gasteiger partial charge in [-0.15, -0.1) is 0 Å². The maximum Gasteiger partial charge on any atom is 0.342 e. The van der Waals surface area contributed by atoms with Crippen LogP contribution >= 0.6 is 0 Å². The smallest absolute Gasteiger partial charge is 0.342 e. The quantitative estimate of drug-likeness (QED) is 0.177. The Hall–Kier alpha value is -3.95. The van der Waals surface area contributed by atoms with Crippen LogP contribution in [0.2, 0.25) is 0 Å². The van der Waals surface area contributed by atoms with E-state index in [1.54, 1.807) is 19.2 Å². The topological polar surface area (TPSA) is 121 Å². The lowest BCUT2D eigenvalue weighted by Crippen LogP contribution is -2.58. The molecule has 0 spiro atoms. The number of hydrogen-bond acceptors (Lipinski definition) is 9. The molecule has 1 aromatic heterocycles. The van der Waals surface area contributed by atoms with Crippen LogP contribution in [0.1, 0.15) is 58.4 Å².